The molecule has 10 heteroatoms. The van der Waals surface area contributed by atoms with Crippen LogP contribution in [0.5, 0.6) is 0 Å². The molecule has 0 unspecified atom stereocenters. The van der Waals surface area contributed by atoms with Crippen LogP contribution < -0.4 is 0 Å². The van der Waals surface area contributed by atoms with Gasteiger partial charge in [-0.05, 0) is 18.2 Å². The van der Waals surface area contributed by atoms with Crippen LogP contribution in [-0.2, 0) is 14.9 Å². The van der Waals surface area contributed by atoms with Crippen molar-refractivity contribution < 1.29 is 35.7 Å². The molecule has 0 atom stereocenters. The Bertz CT molecular complexity index is 681. The van der Waals surface area contributed by atoms with Gasteiger partial charge in [0.05, 0.1) is 11.1 Å². The second kappa shape index (κ2) is 5.48. The lowest BCUT2D eigenvalue weighted by Crippen LogP contribution is -2.34. The molecule has 0 aliphatic carbocycles. The minimum absolute atomic E-state index is 0.371. The van der Waals surface area contributed by atoms with Crippen molar-refractivity contribution in [2.45, 2.75) is 5.25 Å². The van der Waals surface area contributed by atoms with Crippen molar-refractivity contribution in [3.05, 3.63) is 35.1 Å². The molecule has 0 amide bonds. The van der Waals surface area contributed by atoms with E-state index in [4.69, 9.17) is 9.81 Å². The molecule has 0 bridgehead atoms. The number of hydrogen-bond donors (Lipinski definition) is 1. The lowest BCUT2D eigenvalue weighted by Gasteiger charge is -2.12. The Labute approximate surface area is 111 Å². The average molecular weight is 309 g/mol. The van der Waals surface area contributed by atoms with Crippen LogP contribution in [0, 0.1) is 17.1 Å². The number of benzene rings is 1. The predicted molar refractivity (Wildman–Crippen MR) is 57.9 cm³/mol. The molecule has 6 nitrogen and oxygen atoms in total. The number of nitriles is 1. The van der Waals surface area contributed by atoms with Crippen molar-refractivity contribution >= 4 is 16.1 Å². The lowest BCUT2D eigenvalue weighted by molar-refractivity contribution is -0.00953. The van der Waals surface area contributed by atoms with Crippen LogP contribution in [0.15, 0.2) is 18.2 Å². The molecular weight excluding hydrogens is 303 g/mol. The summed E-state index contributed by atoms with van der Waals surface area (Å²) in [7, 11) is -5.73. The Morgan fingerprint density at radius 2 is 2.05 bits per heavy atom. The van der Waals surface area contributed by atoms with E-state index < -0.39 is 39.3 Å². The molecule has 0 saturated heterocycles. The number of halogens is 3. The summed E-state index contributed by atoms with van der Waals surface area (Å²) >= 11 is 0. The van der Waals surface area contributed by atoms with E-state index in [9.17, 15) is 26.4 Å². The topological polar surface area (TPSA) is 104 Å². The number of esters is 1. The normalized spacial score (nSPS) is 11.8. The maximum atomic E-state index is 13.2. The first kappa shape index (κ1) is 15.9. The highest BCUT2D eigenvalue weighted by molar-refractivity contribution is 7.86. The summed E-state index contributed by atoms with van der Waals surface area (Å²) in [6, 6.07) is 3.92. The Kier molecular flexibility index (Phi) is 4.36. The quantitative estimate of drug-likeness (QED) is 0.664. The van der Waals surface area contributed by atoms with E-state index in [2.05, 4.69) is 4.74 Å². The number of alkyl halides is 2. The molecule has 1 aromatic carbocycles. The smallest absolute Gasteiger partial charge is 0.402 e. The minimum atomic E-state index is -5.73. The summed E-state index contributed by atoms with van der Waals surface area (Å²) in [5.41, 5.74) is -0.863. The maximum Gasteiger partial charge on any atom is 0.402 e. The van der Waals surface area contributed by atoms with Gasteiger partial charge < -0.3 is 4.74 Å². The molecule has 1 aromatic rings. The standard InChI is InChI=1S/C10H6F3NO5S/c11-8-3-6(1-2-7(8)4-14)9(15)19-5-10(12,13)20(16,17)18/h1-3H,5H2,(H,16,17,18). The number of carbonyl (C=O) groups excluding carboxylic acids is 1. The average Bonchev–Trinajstić information content (AvgIpc) is 2.34. The van der Waals surface area contributed by atoms with Gasteiger partial charge in [-0.1, -0.05) is 0 Å². The summed E-state index contributed by atoms with van der Waals surface area (Å²) in [5, 5.41) is 3.77. The van der Waals surface area contributed by atoms with E-state index >= 15 is 0 Å². The summed E-state index contributed by atoms with van der Waals surface area (Å²) in [5.74, 6) is -2.50. The van der Waals surface area contributed by atoms with Crippen molar-refractivity contribution in [3.63, 3.8) is 0 Å². The maximum absolute atomic E-state index is 13.2. The van der Waals surface area contributed by atoms with Crippen molar-refractivity contribution in [1.29, 1.82) is 5.26 Å². The van der Waals surface area contributed by atoms with Gasteiger partial charge in [0.2, 0.25) is 0 Å². The summed E-state index contributed by atoms with van der Waals surface area (Å²) in [4.78, 5) is 11.3. The van der Waals surface area contributed by atoms with E-state index in [1.54, 1.807) is 0 Å². The number of carbonyl (C=O) groups is 1. The van der Waals surface area contributed by atoms with Gasteiger partial charge in [-0.3, -0.25) is 4.55 Å². The molecule has 0 radical (unpaired) electrons. The molecule has 0 aromatic heterocycles. The number of nitrogens with zero attached hydrogens (tertiary/aromatic N) is 1. The fourth-order valence-electron chi connectivity index (χ4n) is 1.04. The van der Waals surface area contributed by atoms with Crippen molar-refractivity contribution in [1.82, 2.24) is 0 Å². The monoisotopic (exact) mass is 309 g/mol. The molecule has 20 heavy (non-hydrogen) atoms. The number of ether oxygens (including phenoxy) is 1. The Hall–Kier alpha value is -2.12. The van der Waals surface area contributed by atoms with Gasteiger partial charge in [0, 0.05) is 0 Å². The van der Waals surface area contributed by atoms with E-state index in [1.165, 1.54) is 6.07 Å². The number of hydrogen-bond acceptors (Lipinski definition) is 5. The first-order valence-corrected chi connectivity index (χ1v) is 6.24. The molecule has 0 heterocycles. The largest absolute Gasteiger partial charge is 0.454 e. The first-order valence-electron chi connectivity index (χ1n) is 4.80. The summed E-state index contributed by atoms with van der Waals surface area (Å²) in [6.45, 7) is -1.92. The van der Waals surface area contributed by atoms with Gasteiger partial charge in [-0.2, -0.15) is 22.5 Å². The van der Waals surface area contributed by atoms with Crippen LogP contribution in [0.3, 0.4) is 0 Å². The van der Waals surface area contributed by atoms with Gasteiger partial charge in [0.1, 0.15) is 11.9 Å². The minimum Gasteiger partial charge on any atom is -0.454 e. The van der Waals surface area contributed by atoms with Crippen LogP contribution in [0.25, 0.3) is 0 Å². The van der Waals surface area contributed by atoms with Gasteiger partial charge in [0.15, 0.2) is 6.61 Å². The number of rotatable bonds is 4. The van der Waals surface area contributed by atoms with Gasteiger partial charge >= 0.3 is 21.3 Å². The summed E-state index contributed by atoms with van der Waals surface area (Å²) < 4.78 is 71.4. The molecule has 0 fully saturated rings. The summed E-state index contributed by atoms with van der Waals surface area (Å²) in [6.07, 6.45) is 0. The fraction of sp³-hybridized carbons (Fsp3) is 0.200. The Morgan fingerprint density at radius 1 is 1.45 bits per heavy atom. The Balaban J connectivity index is 2.84. The highest BCUT2D eigenvalue weighted by Gasteiger charge is 2.45. The fourth-order valence-corrected chi connectivity index (χ4v) is 1.25. The third-order valence-corrected chi connectivity index (χ3v) is 2.95. The van der Waals surface area contributed by atoms with Crippen LogP contribution in [-0.4, -0.2) is 30.8 Å². The van der Waals surface area contributed by atoms with E-state index in [0.29, 0.717) is 6.07 Å². The second-order valence-corrected chi connectivity index (χ2v) is 5.04. The van der Waals surface area contributed by atoms with Gasteiger partial charge in [-0.15, -0.1) is 0 Å². The van der Waals surface area contributed by atoms with Gasteiger partial charge in [0.25, 0.3) is 0 Å². The van der Waals surface area contributed by atoms with Crippen LogP contribution in [0.1, 0.15) is 15.9 Å². The zero-order valence-corrected chi connectivity index (χ0v) is 10.3. The zero-order valence-electron chi connectivity index (χ0n) is 9.51. The second-order valence-electron chi connectivity index (χ2n) is 3.49. The van der Waals surface area contributed by atoms with Crippen LogP contribution in [0.4, 0.5) is 13.2 Å². The SMILES string of the molecule is N#Cc1ccc(C(=O)OCC(F)(F)S(=O)(=O)O)cc1F. The molecule has 0 aliphatic heterocycles. The Morgan fingerprint density at radius 3 is 2.50 bits per heavy atom. The molecule has 0 aliphatic rings. The van der Waals surface area contributed by atoms with Crippen LogP contribution in [0.2, 0.25) is 0 Å². The third kappa shape index (κ3) is 3.46. The third-order valence-electron chi connectivity index (χ3n) is 2.07. The zero-order chi connectivity index (χ0) is 15.6. The van der Waals surface area contributed by atoms with Crippen molar-refractivity contribution in [3.8, 4) is 6.07 Å². The van der Waals surface area contributed by atoms with Crippen LogP contribution >= 0.6 is 0 Å². The van der Waals surface area contributed by atoms with Gasteiger partial charge in [-0.25, -0.2) is 9.18 Å². The molecule has 108 valence electrons. The van der Waals surface area contributed by atoms with Crippen molar-refractivity contribution in [2.75, 3.05) is 6.61 Å². The predicted octanol–water partition coefficient (Wildman–Crippen LogP) is 1.33. The molecule has 1 rings (SSSR count). The van der Waals surface area contributed by atoms with E-state index in [-0.39, 0.29) is 5.56 Å². The molecular formula is C10H6F3NO5S. The van der Waals surface area contributed by atoms with Crippen molar-refractivity contribution in [2.24, 2.45) is 0 Å². The highest BCUT2D eigenvalue weighted by Crippen LogP contribution is 2.21. The highest BCUT2D eigenvalue weighted by atomic mass is 32.2. The first-order chi connectivity index (χ1) is 9.08. The van der Waals surface area contributed by atoms with E-state index in [1.807, 2.05) is 0 Å². The molecule has 1 N–H and O–H groups in total. The lowest BCUT2D eigenvalue weighted by atomic mass is 10.1. The van der Waals surface area contributed by atoms with E-state index in [0.717, 1.165) is 12.1 Å². The molecule has 0 spiro atoms. The molecule has 0 saturated carbocycles.